The molecule has 0 radical (unpaired) electrons. The lowest BCUT2D eigenvalue weighted by atomic mass is 10.3. The number of thioether (sulfide) groups is 1. The Morgan fingerprint density at radius 2 is 2.04 bits per heavy atom. The van der Waals surface area contributed by atoms with Gasteiger partial charge in [0.15, 0.2) is 5.16 Å². The summed E-state index contributed by atoms with van der Waals surface area (Å²) >= 11 is 3.14. The maximum absolute atomic E-state index is 12.2. The number of hydrogen-bond donors (Lipinski definition) is 1. The molecule has 3 aromatic rings. The van der Waals surface area contributed by atoms with E-state index in [0.717, 1.165) is 29.5 Å². The van der Waals surface area contributed by atoms with Gasteiger partial charge in [0.25, 0.3) is 0 Å². The second-order valence-electron chi connectivity index (χ2n) is 5.88. The molecule has 0 spiro atoms. The summed E-state index contributed by atoms with van der Waals surface area (Å²) in [6, 6.07) is 14.2. The van der Waals surface area contributed by atoms with Crippen LogP contribution in [0.15, 0.2) is 53.0 Å². The fraction of sp³-hybridized carbons (Fsp3) is 0.316. The lowest BCUT2D eigenvalue weighted by molar-refractivity contribution is -0.120. The number of carbonyl (C=O) groups is 1. The van der Waals surface area contributed by atoms with Crippen molar-refractivity contribution in [3.8, 4) is 5.69 Å². The third kappa shape index (κ3) is 4.53. The Labute approximate surface area is 161 Å². The molecule has 0 aliphatic heterocycles. The molecular formula is C19H22N4OS2. The van der Waals surface area contributed by atoms with Crippen LogP contribution in [0.1, 0.15) is 31.0 Å². The number of para-hydroxylation sites is 1. The Morgan fingerprint density at radius 3 is 2.73 bits per heavy atom. The molecule has 2 heterocycles. The van der Waals surface area contributed by atoms with E-state index in [-0.39, 0.29) is 11.2 Å². The monoisotopic (exact) mass is 386 g/mol. The Hall–Kier alpha value is -2.12. The summed E-state index contributed by atoms with van der Waals surface area (Å²) in [6.45, 7) is 4.64. The van der Waals surface area contributed by atoms with Crippen LogP contribution in [0.5, 0.6) is 0 Å². The van der Waals surface area contributed by atoms with Gasteiger partial charge in [-0.05, 0) is 36.9 Å². The van der Waals surface area contributed by atoms with E-state index in [2.05, 4.69) is 27.0 Å². The Kier molecular flexibility index (Phi) is 6.46. The quantitative estimate of drug-likeness (QED) is 0.596. The highest BCUT2D eigenvalue weighted by Crippen LogP contribution is 2.27. The number of amides is 1. The minimum absolute atomic E-state index is 0.0271. The summed E-state index contributed by atoms with van der Waals surface area (Å²) in [5.41, 5.74) is 1.01. The molecule has 1 aromatic carbocycles. The average molecular weight is 387 g/mol. The van der Waals surface area contributed by atoms with E-state index >= 15 is 0 Å². The first-order valence-electron chi connectivity index (χ1n) is 8.65. The molecule has 1 amide bonds. The minimum Gasteiger partial charge on any atom is -0.355 e. The standard InChI is InChI=1S/C19H22N4OS2/c1-3-11-20-18(24)14(2)26-19-22-21-17(13-16-10-7-12-25-16)23(19)15-8-5-4-6-9-15/h4-10,12,14H,3,11,13H2,1-2H3,(H,20,24). The molecule has 3 rings (SSSR count). The summed E-state index contributed by atoms with van der Waals surface area (Å²) in [6.07, 6.45) is 1.64. The highest BCUT2D eigenvalue weighted by atomic mass is 32.2. The number of nitrogens with zero attached hydrogens (tertiary/aromatic N) is 3. The van der Waals surface area contributed by atoms with Gasteiger partial charge in [-0.2, -0.15) is 0 Å². The number of hydrogen-bond acceptors (Lipinski definition) is 5. The highest BCUT2D eigenvalue weighted by Gasteiger charge is 2.21. The maximum atomic E-state index is 12.2. The molecule has 0 bridgehead atoms. The molecule has 2 aromatic heterocycles. The Balaban J connectivity index is 1.87. The van der Waals surface area contributed by atoms with Gasteiger partial charge in [-0.15, -0.1) is 21.5 Å². The number of aromatic nitrogens is 3. The first-order chi connectivity index (χ1) is 12.7. The summed E-state index contributed by atoms with van der Waals surface area (Å²) in [5, 5.41) is 14.3. The van der Waals surface area contributed by atoms with Gasteiger partial charge in [-0.1, -0.05) is 43.0 Å². The van der Waals surface area contributed by atoms with Crippen molar-refractivity contribution >= 4 is 29.0 Å². The normalized spacial score (nSPS) is 12.1. The third-order valence-corrected chi connectivity index (χ3v) is 5.75. The van der Waals surface area contributed by atoms with E-state index in [1.54, 1.807) is 11.3 Å². The van der Waals surface area contributed by atoms with Crippen molar-refractivity contribution < 1.29 is 4.79 Å². The van der Waals surface area contributed by atoms with Gasteiger partial charge in [0.05, 0.1) is 5.25 Å². The van der Waals surface area contributed by atoms with Crippen LogP contribution in [0.4, 0.5) is 0 Å². The fourth-order valence-electron chi connectivity index (χ4n) is 2.50. The summed E-state index contributed by atoms with van der Waals surface area (Å²) in [4.78, 5) is 13.5. The van der Waals surface area contributed by atoms with E-state index in [4.69, 9.17) is 0 Å². The van der Waals surface area contributed by atoms with Crippen LogP contribution < -0.4 is 5.32 Å². The number of thiophene rings is 1. The first-order valence-corrected chi connectivity index (χ1v) is 10.4. The second kappa shape index (κ2) is 9.00. The van der Waals surface area contributed by atoms with E-state index in [9.17, 15) is 4.79 Å². The molecule has 7 heteroatoms. The van der Waals surface area contributed by atoms with Crippen molar-refractivity contribution in [3.63, 3.8) is 0 Å². The largest absolute Gasteiger partial charge is 0.355 e. The van der Waals surface area contributed by atoms with Crippen molar-refractivity contribution in [3.05, 3.63) is 58.5 Å². The van der Waals surface area contributed by atoms with Crippen LogP contribution in [0.25, 0.3) is 5.69 Å². The Bertz CT molecular complexity index is 831. The zero-order valence-corrected chi connectivity index (χ0v) is 16.5. The molecule has 0 fully saturated rings. The van der Waals surface area contributed by atoms with Crippen LogP contribution in [0.2, 0.25) is 0 Å². The first kappa shape index (κ1) is 18.7. The van der Waals surface area contributed by atoms with Crippen molar-refractivity contribution in [2.45, 2.75) is 37.1 Å². The van der Waals surface area contributed by atoms with Gasteiger partial charge in [0, 0.05) is 23.5 Å². The zero-order chi connectivity index (χ0) is 18.4. The Morgan fingerprint density at radius 1 is 1.23 bits per heavy atom. The third-order valence-electron chi connectivity index (χ3n) is 3.83. The van der Waals surface area contributed by atoms with Crippen LogP contribution in [-0.4, -0.2) is 32.5 Å². The molecule has 0 aliphatic carbocycles. The van der Waals surface area contributed by atoms with Crippen molar-refractivity contribution in [1.29, 1.82) is 0 Å². The SMILES string of the molecule is CCCNC(=O)C(C)Sc1nnc(Cc2cccs2)n1-c1ccccc1. The highest BCUT2D eigenvalue weighted by molar-refractivity contribution is 8.00. The summed E-state index contributed by atoms with van der Waals surface area (Å²) in [7, 11) is 0. The number of carbonyl (C=O) groups excluding carboxylic acids is 1. The predicted octanol–water partition coefficient (Wildman–Crippen LogP) is 3.93. The topological polar surface area (TPSA) is 59.8 Å². The van der Waals surface area contributed by atoms with E-state index in [1.165, 1.54) is 16.6 Å². The predicted molar refractivity (Wildman–Crippen MR) is 107 cm³/mol. The minimum atomic E-state index is -0.234. The molecule has 1 atom stereocenters. The average Bonchev–Trinajstić information content (AvgIpc) is 3.31. The van der Waals surface area contributed by atoms with Crippen molar-refractivity contribution in [2.75, 3.05) is 6.54 Å². The number of nitrogens with one attached hydrogen (secondary N) is 1. The van der Waals surface area contributed by atoms with E-state index < -0.39 is 0 Å². The van der Waals surface area contributed by atoms with Gasteiger partial charge >= 0.3 is 0 Å². The fourth-order valence-corrected chi connectivity index (χ4v) is 4.11. The molecule has 1 unspecified atom stereocenters. The van der Waals surface area contributed by atoms with Gasteiger partial charge in [-0.25, -0.2) is 0 Å². The molecule has 0 saturated heterocycles. The molecule has 5 nitrogen and oxygen atoms in total. The summed E-state index contributed by atoms with van der Waals surface area (Å²) < 4.78 is 2.05. The van der Waals surface area contributed by atoms with Crippen LogP contribution in [0, 0.1) is 0 Å². The molecular weight excluding hydrogens is 364 g/mol. The second-order valence-corrected chi connectivity index (χ2v) is 8.22. The molecule has 0 aliphatic rings. The number of benzene rings is 1. The smallest absolute Gasteiger partial charge is 0.233 e. The number of rotatable bonds is 8. The van der Waals surface area contributed by atoms with Crippen molar-refractivity contribution in [1.82, 2.24) is 20.1 Å². The van der Waals surface area contributed by atoms with Gasteiger partial charge < -0.3 is 5.32 Å². The lowest BCUT2D eigenvalue weighted by Gasteiger charge is -2.13. The maximum Gasteiger partial charge on any atom is 0.233 e. The van der Waals surface area contributed by atoms with Crippen LogP contribution in [0.3, 0.4) is 0 Å². The molecule has 26 heavy (non-hydrogen) atoms. The molecule has 1 N–H and O–H groups in total. The van der Waals surface area contributed by atoms with E-state index in [1.807, 2.05) is 54.8 Å². The zero-order valence-electron chi connectivity index (χ0n) is 14.9. The molecule has 136 valence electrons. The van der Waals surface area contributed by atoms with Gasteiger partial charge in [-0.3, -0.25) is 9.36 Å². The van der Waals surface area contributed by atoms with Crippen LogP contribution >= 0.6 is 23.1 Å². The molecule has 0 saturated carbocycles. The van der Waals surface area contributed by atoms with E-state index in [0.29, 0.717) is 6.54 Å². The van der Waals surface area contributed by atoms with Crippen LogP contribution in [-0.2, 0) is 11.2 Å². The van der Waals surface area contributed by atoms with Crippen molar-refractivity contribution in [2.24, 2.45) is 0 Å². The van der Waals surface area contributed by atoms with Gasteiger partial charge in [0.1, 0.15) is 5.82 Å². The lowest BCUT2D eigenvalue weighted by Crippen LogP contribution is -2.31. The van der Waals surface area contributed by atoms with Gasteiger partial charge in [0.2, 0.25) is 5.91 Å². The summed E-state index contributed by atoms with van der Waals surface area (Å²) in [5.74, 6) is 0.904.